The van der Waals surface area contributed by atoms with Gasteiger partial charge in [-0.05, 0) is 13.1 Å². The third-order valence-corrected chi connectivity index (χ3v) is 1.84. The molecule has 0 fully saturated rings. The molecule has 0 saturated carbocycles. The molecule has 0 atom stereocenters. The van der Waals surface area contributed by atoms with Crippen LogP contribution in [0.25, 0.3) is 0 Å². The second-order valence-corrected chi connectivity index (χ2v) is 3.10. The van der Waals surface area contributed by atoms with E-state index in [0.717, 1.165) is 18.2 Å². The van der Waals surface area contributed by atoms with Crippen molar-refractivity contribution in [2.45, 2.75) is 19.3 Å². The molecule has 0 aliphatic carbocycles. The van der Waals surface area contributed by atoms with E-state index in [1.807, 2.05) is 0 Å². The third-order valence-electron chi connectivity index (χ3n) is 1.84. The van der Waals surface area contributed by atoms with Gasteiger partial charge in [-0.25, -0.2) is 17.6 Å². The average molecular weight is 247 g/mol. The topological polar surface area (TPSA) is 12.4 Å². The largest absolute Gasteiger partial charge is 0.280 e. The molecule has 0 aliphatic heterocycles. The lowest BCUT2D eigenvalue weighted by atomic mass is 10.1. The summed E-state index contributed by atoms with van der Waals surface area (Å²) in [6.45, 7) is 9.69. The predicted octanol–water partition coefficient (Wildman–Crippen LogP) is 4.16. The van der Waals surface area contributed by atoms with E-state index in [0.29, 0.717) is 0 Å². The maximum Gasteiger partial charge on any atom is 0.280 e. The first-order valence-electron chi connectivity index (χ1n) is 4.67. The molecule has 5 heteroatoms. The maximum atomic E-state index is 12.3. The van der Waals surface area contributed by atoms with Crippen LogP contribution >= 0.6 is 0 Å². The molecular weight excluding hydrogens is 234 g/mol. The number of hydrogen-bond donors (Lipinski definition) is 0. The Morgan fingerprint density at radius 1 is 1.18 bits per heavy atom. The van der Waals surface area contributed by atoms with Crippen molar-refractivity contribution in [3.05, 3.63) is 48.2 Å². The molecule has 0 aromatic heterocycles. The summed E-state index contributed by atoms with van der Waals surface area (Å²) in [5, 5.41) is 0. The van der Waals surface area contributed by atoms with Crippen molar-refractivity contribution in [2.75, 3.05) is 0 Å². The summed E-state index contributed by atoms with van der Waals surface area (Å²) in [6.07, 6.45) is -2.19. The Morgan fingerprint density at radius 3 is 2.12 bits per heavy atom. The van der Waals surface area contributed by atoms with Gasteiger partial charge >= 0.3 is 0 Å². The molecule has 1 nitrogen and oxygen atoms in total. The SMILES string of the molecule is C=C/C(=C\C(=C)C/C=C(\N=C)C(F)F)C(F)F. The van der Waals surface area contributed by atoms with Gasteiger partial charge in [0.1, 0.15) is 5.70 Å². The smallest absolute Gasteiger partial charge is 0.263 e. The fourth-order valence-corrected chi connectivity index (χ4v) is 0.964. The molecule has 0 unspecified atom stereocenters. The van der Waals surface area contributed by atoms with Crippen LogP contribution in [0.1, 0.15) is 6.42 Å². The Kier molecular flexibility index (Phi) is 6.86. The molecule has 0 heterocycles. The highest BCUT2D eigenvalue weighted by molar-refractivity contribution is 5.33. The van der Waals surface area contributed by atoms with Gasteiger partial charge in [0, 0.05) is 5.57 Å². The van der Waals surface area contributed by atoms with Crippen LogP contribution in [0.3, 0.4) is 0 Å². The van der Waals surface area contributed by atoms with E-state index in [1.165, 1.54) is 0 Å². The molecule has 0 spiro atoms. The van der Waals surface area contributed by atoms with Crippen molar-refractivity contribution in [1.29, 1.82) is 0 Å². The second-order valence-electron chi connectivity index (χ2n) is 3.10. The Bertz CT molecular complexity index is 354. The van der Waals surface area contributed by atoms with Gasteiger partial charge in [-0.3, -0.25) is 4.99 Å². The van der Waals surface area contributed by atoms with Crippen LogP contribution in [0.2, 0.25) is 0 Å². The number of allylic oxidation sites excluding steroid dienone is 6. The molecule has 0 N–H and O–H groups in total. The second kappa shape index (κ2) is 7.60. The van der Waals surface area contributed by atoms with Gasteiger partial charge in [0.15, 0.2) is 0 Å². The van der Waals surface area contributed by atoms with E-state index >= 15 is 0 Å². The standard InChI is InChI=1S/C12H13F4N/c1-4-9(11(13)14)7-8(2)5-6-10(17-3)12(15)16/h4,6-7,11-12H,1-3,5H2/b9-7+,10-6-. The van der Waals surface area contributed by atoms with Crippen molar-refractivity contribution in [3.63, 3.8) is 0 Å². The molecule has 0 aromatic carbocycles. The fraction of sp³-hybridized carbons (Fsp3) is 0.250. The molecule has 0 aliphatic rings. The highest BCUT2D eigenvalue weighted by Crippen LogP contribution is 2.16. The van der Waals surface area contributed by atoms with Gasteiger partial charge in [-0.1, -0.05) is 37.0 Å². The Hall–Kier alpha value is -1.65. The monoisotopic (exact) mass is 247 g/mol. The number of alkyl halides is 4. The zero-order valence-electron chi connectivity index (χ0n) is 9.17. The number of halogens is 4. The minimum Gasteiger partial charge on any atom is -0.263 e. The Labute approximate surface area is 97.6 Å². The summed E-state index contributed by atoms with van der Waals surface area (Å²) < 4.78 is 49.1. The summed E-state index contributed by atoms with van der Waals surface area (Å²) in [5.41, 5.74) is -0.521. The first-order chi connectivity index (χ1) is 7.92. The third kappa shape index (κ3) is 5.85. The van der Waals surface area contributed by atoms with E-state index in [2.05, 4.69) is 24.9 Å². The summed E-state index contributed by atoms with van der Waals surface area (Å²) in [5.74, 6) is 0. The first-order valence-corrected chi connectivity index (χ1v) is 4.67. The van der Waals surface area contributed by atoms with Crippen LogP contribution in [0, 0.1) is 0 Å². The highest BCUT2D eigenvalue weighted by Gasteiger charge is 2.09. The molecule has 0 amide bonds. The minimum absolute atomic E-state index is 0.00273. The molecule has 17 heavy (non-hydrogen) atoms. The summed E-state index contributed by atoms with van der Waals surface area (Å²) in [7, 11) is 0. The quantitative estimate of drug-likeness (QED) is 0.364. The van der Waals surface area contributed by atoms with Gasteiger partial charge < -0.3 is 0 Å². The molecule has 0 saturated heterocycles. The Morgan fingerprint density at radius 2 is 1.76 bits per heavy atom. The van der Waals surface area contributed by atoms with Crippen LogP contribution in [-0.2, 0) is 0 Å². The van der Waals surface area contributed by atoms with Crippen molar-refractivity contribution in [3.8, 4) is 0 Å². The van der Waals surface area contributed by atoms with Gasteiger partial charge in [0.2, 0.25) is 0 Å². The van der Waals surface area contributed by atoms with E-state index in [9.17, 15) is 17.6 Å². The lowest BCUT2D eigenvalue weighted by Gasteiger charge is -2.02. The number of rotatable bonds is 7. The predicted molar refractivity (Wildman–Crippen MR) is 61.7 cm³/mol. The Balaban J connectivity index is 4.66. The van der Waals surface area contributed by atoms with E-state index in [4.69, 9.17) is 0 Å². The summed E-state index contributed by atoms with van der Waals surface area (Å²) >= 11 is 0. The summed E-state index contributed by atoms with van der Waals surface area (Å²) in [4.78, 5) is 3.12. The number of nitrogens with zero attached hydrogens (tertiary/aromatic N) is 1. The molecule has 0 rings (SSSR count). The first kappa shape index (κ1) is 15.3. The number of hydrogen-bond acceptors (Lipinski definition) is 1. The van der Waals surface area contributed by atoms with Crippen LogP contribution in [0.15, 0.2) is 53.2 Å². The van der Waals surface area contributed by atoms with Gasteiger partial charge in [0.05, 0.1) is 0 Å². The lowest BCUT2D eigenvalue weighted by molar-refractivity contribution is 0.188. The molecule has 0 aromatic rings. The number of aliphatic imine (C=N–C) groups is 1. The van der Waals surface area contributed by atoms with Gasteiger partial charge in [-0.15, -0.1) is 0 Å². The maximum absolute atomic E-state index is 12.3. The molecule has 0 radical (unpaired) electrons. The van der Waals surface area contributed by atoms with Gasteiger partial charge in [0.25, 0.3) is 12.9 Å². The van der Waals surface area contributed by atoms with E-state index in [-0.39, 0.29) is 17.6 Å². The fourth-order valence-electron chi connectivity index (χ4n) is 0.964. The minimum atomic E-state index is -2.74. The van der Waals surface area contributed by atoms with Crippen molar-refractivity contribution < 1.29 is 17.6 Å². The molecule has 94 valence electrons. The van der Waals surface area contributed by atoms with Crippen LogP contribution in [0.4, 0.5) is 17.6 Å². The zero-order chi connectivity index (χ0) is 13.4. The van der Waals surface area contributed by atoms with Crippen LogP contribution < -0.4 is 0 Å². The van der Waals surface area contributed by atoms with Crippen LogP contribution in [0.5, 0.6) is 0 Å². The summed E-state index contributed by atoms with van der Waals surface area (Å²) in [6, 6.07) is 0. The average Bonchev–Trinajstić information content (AvgIpc) is 2.25. The van der Waals surface area contributed by atoms with Crippen molar-refractivity contribution in [1.82, 2.24) is 0 Å². The van der Waals surface area contributed by atoms with Crippen LogP contribution in [-0.4, -0.2) is 19.6 Å². The lowest BCUT2D eigenvalue weighted by Crippen LogP contribution is -1.95. The molecule has 0 bridgehead atoms. The highest BCUT2D eigenvalue weighted by atomic mass is 19.3. The molecular formula is C12H13F4N. The normalized spacial score (nSPS) is 13.1. The zero-order valence-corrected chi connectivity index (χ0v) is 9.17. The van der Waals surface area contributed by atoms with E-state index < -0.39 is 18.5 Å². The van der Waals surface area contributed by atoms with E-state index in [1.54, 1.807) is 0 Å². The van der Waals surface area contributed by atoms with Crippen molar-refractivity contribution in [2.24, 2.45) is 4.99 Å². The van der Waals surface area contributed by atoms with Gasteiger partial charge in [-0.2, -0.15) is 0 Å². The van der Waals surface area contributed by atoms with Crippen molar-refractivity contribution >= 4 is 6.72 Å².